The van der Waals surface area contributed by atoms with Gasteiger partial charge in [-0.15, -0.1) is 10.2 Å². The van der Waals surface area contributed by atoms with Crippen LogP contribution in [0.5, 0.6) is 0 Å². The first-order chi connectivity index (χ1) is 11.5. The molecule has 0 atom stereocenters. The van der Waals surface area contributed by atoms with Crippen molar-refractivity contribution in [2.75, 3.05) is 25.5 Å². The Hall–Kier alpha value is -1.83. The van der Waals surface area contributed by atoms with Crippen LogP contribution in [0.1, 0.15) is 24.0 Å². The molecule has 6 nitrogen and oxygen atoms in total. The fraction of sp³-hybridized carbons (Fsp3) is 0.471. The zero-order valence-electron chi connectivity index (χ0n) is 14.2. The van der Waals surface area contributed by atoms with E-state index in [0.717, 1.165) is 23.7 Å². The molecule has 1 aliphatic rings. The van der Waals surface area contributed by atoms with Crippen LogP contribution in [-0.4, -0.2) is 41.9 Å². The highest BCUT2D eigenvalue weighted by atomic mass is 32.1. The molecule has 1 aliphatic heterocycles. The van der Waals surface area contributed by atoms with Crippen molar-refractivity contribution in [2.24, 2.45) is 0 Å². The number of benzene rings is 1. The SMILES string of the molecule is COC1(C(=O)Nc2nnc(-c3cc(C)cc(C)c3)s2)CCNCC1. The van der Waals surface area contributed by atoms with E-state index in [-0.39, 0.29) is 5.91 Å². The largest absolute Gasteiger partial charge is 0.368 e. The molecule has 0 unspecified atom stereocenters. The van der Waals surface area contributed by atoms with Gasteiger partial charge in [0.05, 0.1) is 0 Å². The van der Waals surface area contributed by atoms with Crippen molar-refractivity contribution in [3.63, 3.8) is 0 Å². The van der Waals surface area contributed by atoms with E-state index in [1.807, 2.05) is 0 Å². The second-order valence-corrected chi connectivity index (χ2v) is 7.17. The third-order valence-corrected chi connectivity index (χ3v) is 5.22. The number of aryl methyl sites for hydroxylation is 2. The number of piperidine rings is 1. The first kappa shape index (κ1) is 17.0. The van der Waals surface area contributed by atoms with Crippen LogP contribution < -0.4 is 10.6 Å². The number of carbonyl (C=O) groups excluding carboxylic acids is 1. The van der Waals surface area contributed by atoms with Crippen molar-refractivity contribution < 1.29 is 9.53 Å². The first-order valence-corrected chi connectivity index (χ1v) is 8.83. The molecule has 7 heteroatoms. The fourth-order valence-corrected chi connectivity index (χ4v) is 3.78. The Morgan fingerprint density at radius 3 is 2.50 bits per heavy atom. The number of nitrogens with one attached hydrogen (secondary N) is 2. The van der Waals surface area contributed by atoms with Gasteiger partial charge in [-0.1, -0.05) is 28.5 Å². The summed E-state index contributed by atoms with van der Waals surface area (Å²) in [6.45, 7) is 5.65. The maximum Gasteiger partial charge on any atom is 0.258 e. The summed E-state index contributed by atoms with van der Waals surface area (Å²) in [5, 5.41) is 15.8. The number of methoxy groups -OCH3 is 1. The van der Waals surface area contributed by atoms with E-state index in [1.54, 1.807) is 7.11 Å². The topological polar surface area (TPSA) is 76.1 Å². The van der Waals surface area contributed by atoms with Crippen molar-refractivity contribution in [1.29, 1.82) is 0 Å². The van der Waals surface area contributed by atoms with Gasteiger partial charge in [-0.3, -0.25) is 10.1 Å². The Morgan fingerprint density at radius 2 is 1.88 bits per heavy atom. The monoisotopic (exact) mass is 346 g/mol. The fourth-order valence-electron chi connectivity index (χ4n) is 3.05. The first-order valence-electron chi connectivity index (χ1n) is 8.02. The van der Waals surface area contributed by atoms with Crippen LogP contribution in [0.25, 0.3) is 10.6 Å². The molecule has 24 heavy (non-hydrogen) atoms. The Labute approximate surface area is 145 Å². The molecule has 0 spiro atoms. The summed E-state index contributed by atoms with van der Waals surface area (Å²) in [4.78, 5) is 12.6. The number of hydrogen-bond acceptors (Lipinski definition) is 6. The minimum absolute atomic E-state index is 0.144. The van der Waals surface area contributed by atoms with E-state index in [0.29, 0.717) is 18.0 Å². The van der Waals surface area contributed by atoms with Crippen LogP contribution in [0.3, 0.4) is 0 Å². The Morgan fingerprint density at radius 1 is 1.21 bits per heavy atom. The lowest BCUT2D eigenvalue weighted by atomic mass is 9.91. The van der Waals surface area contributed by atoms with Gasteiger partial charge in [0.1, 0.15) is 10.6 Å². The molecule has 2 heterocycles. The quantitative estimate of drug-likeness (QED) is 0.890. The summed E-state index contributed by atoms with van der Waals surface area (Å²) in [5.74, 6) is -0.144. The Kier molecular flexibility index (Phi) is 4.93. The van der Waals surface area contributed by atoms with Gasteiger partial charge in [0, 0.05) is 12.7 Å². The standard InChI is InChI=1S/C17H22N4O2S/c1-11-8-12(2)10-13(9-11)14-20-21-16(24-14)19-15(22)17(23-3)4-6-18-7-5-17/h8-10,18H,4-7H2,1-3H3,(H,19,21,22). The average Bonchev–Trinajstić information content (AvgIpc) is 3.03. The highest BCUT2D eigenvalue weighted by molar-refractivity contribution is 7.18. The summed E-state index contributed by atoms with van der Waals surface area (Å²) in [7, 11) is 1.59. The van der Waals surface area contributed by atoms with Gasteiger partial charge in [-0.25, -0.2) is 0 Å². The van der Waals surface area contributed by atoms with Crippen molar-refractivity contribution in [1.82, 2.24) is 15.5 Å². The predicted octanol–water partition coefficient (Wildman–Crippen LogP) is 2.53. The van der Waals surface area contributed by atoms with Gasteiger partial charge in [0.25, 0.3) is 5.91 Å². The Balaban J connectivity index is 1.77. The lowest BCUT2D eigenvalue weighted by Gasteiger charge is -2.34. The minimum atomic E-state index is -0.781. The van der Waals surface area contributed by atoms with Crippen LogP contribution >= 0.6 is 11.3 Å². The molecule has 0 bridgehead atoms. The van der Waals surface area contributed by atoms with Gasteiger partial charge in [0.15, 0.2) is 0 Å². The van der Waals surface area contributed by atoms with E-state index in [9.17, 15) is 4.79 Å². The van der Waals surface area contributed by atoms with Crippen molar-refractivity contribution >= 4 is 22.4 Å². The maximum absolute atomic E-state index is 12.6. The lowest BCUT2D eigenvalue weighted by Crippen LogP contribution is -2.51. The molecule has 0 radical (unpaired) electrons. The van der Waals surface area contributed by atoms with E-state index in [4.69, 9.17) is 4.74 Å². The Bertz CT molecular complexity index is 718. The van der Waals surface area contributed by atoms with Gasteiger partial charge in [0.2, 0.25) is 5.13 Å². The summed E-state index contributed by atoms with van der Waals surface area (Å²) >= 11 is 1.38. The molecular weight excluding hydrogens is 324 g/mol. The number of anilines is 1. The predicted molar refractivity (Wildman–Crippen MR) is 95.3 cm³/mol. The van der Waals surface area contributed by atoms with Crippen molar-refractivity contribution in [3.8, 4) is 10.6 Å². The van der Waals surface area contributed by atoms with Crippen LogP contribution in [0.2, 0.25) is 0 Å². The van der Waals surface area contributed by atoms with Crippen molar-refractivity contribution in [3.05, 3.63) is 29.3 Å². The molecule has 0 saturated carbocycles. The third-order valence-electron chi connectivity index (χ3n) is 4.33. The summed E-state index contributed by atoms with van der Waals surface area (Å²) in [6.07, 6.45) is 1.30. The number of ether oxygens (including phenoxy) is 1. The van der Waals surface area contributed by atoms with E-state index < -0.39 is 5.60 Å². The molecule has 3 rings (SSSR count). The normalized spacial score (nSPS) is 16.8. The van der Waals surface area contributed by atoms with E-state index in [2.05, 4.69) is 52.9 Å². The highest BCUT2D eigenvalue weighted by Gasteiger charge is 2.40. The van der Waals surface area contributed by atoms with Gasteiger partial charge in [-0.05, 0) is 51.9 Å². The van der Waals surface area contributed by atoms with Gasteiger partial charge < -0.3 is 10.1 Å². The molecular formula is C17H22N4O2S. The smallest absolute Gasteiger partial charge is 0.258 e. The molecule has 1 aromatic carbocycles. The second kappa shape index (κ2) is 6.96. The molecule has 128 valence electrons. The van der Waals surface area contributed by atoms with E-state index >= 15 is 0 Å². The number of aromatic nitrogens is 2. The van der Waals surface area contributed by atoms with Gasteiger partial charge in [-0.2, -0.15) is 0 Å². The lowest BCUT2D eigenvalue weighted by molar-refractivity contribution is -0.140. The number of rotatable bonds is 4. The summed E-state index contributed by atoms with van der Waals surface area (Å²) in [5.41, 5.74) is 2.60. The number of nitrogens with zero attached hydrogens (tertiary/aromatic N) is 2. The zero-order chi connectivity index (χ0) is 17.2. The molecule has 1 aromatic heterocycles. The summed E-state index contributed by atoms with van der Waals surface area (Å²) in [6, 6.07) is 6.26. The van der Waals surface area contributed by atoms with Crippen LogP contribution in [0.15, 0.2) is 18.2 Å². The van der Waals surface area contributed by atoms with Crippen LogP contribution in [0.4, 0.5) is 5.13 Å². The molecule has 2 N–H and O–H groups in total. The summed E-state index contributed by atoms with van der Waals surface area (Å²) < 4.78 is 5.54. The van der Waals surface area contributed by atoms with Gasteiger partial charge >= 0.3 is 0 Å². The highest BCUT2D eigenvalue weighted by Crippen LogP contribution is 2.30. The average molecular weight is 346 g/mol. The number of carbonyl (C=O) groups is 1. The molecule has 1 fully saturated rings. The third kappa shape index (κ3) is 3.48. The molecule has 2 aromatic rings. The molecule has 1 amide bonds. The van der Waals surface area contributed by atoms with Crippen LogP contribution in [0, 0.1) is 13.8 Å². The zero-order valence-corrected chi connectivity index (χ0v) is 15.0. The maximum atomic E-state index is 12.6. The second-order valence-electron chi connectivity index (χ2n) is 6.19. The minimum Gasteiger partial charge on any atom is -0.368 e. The van der Waals surface area contributed by atoms with Crippen LogP contribution in [-0.2, 0) is 9.53 Å². The van der Waals surface area contributed by atoms with E-state index in [1.165, 1.54) is 22.5 Å². The number of hydrogen-bond donors (Lipinski definition) is 2. The van der Waals surface area contributed by atoms with Crippen molar-refractivity contribution in [2.45, 2.75) is 32.3 Å². The molecule has 0 aliphatic carbocycles. The number of amides is 1. The molecule has 1 saturated heterocycles.